The van der Waals surface area contributed by atoms with Crippen LogP contribution in [0.2, 0.25) is 0 Å². The fraction of sp³-hybridized carbons (Fsp3) is 0.400. The van der Waals surface area contributed by atoms with Gasteiger partial charge in [-0.15, -0.1) is 11.3 Å². The van der Waals surface area contributed by atoms with E-state index in [0.717, 1.165) is 10.4 Å². The highest BCUT2D eigenvalue weighted by Crippen LogP contribution is 2.35. The molecule has 2 rings (SSSR count). The number of ether oxygens (including phenoxy) is 1. The van der Waals surface area contributed by atoms with Gasteiger partial charge in [-0.2, -0.15) is 0 Å². The van der Waals surface area contributed by atoms with Gasteiger partial charge in [0.05, 0.1) is 18.7 Å². The molecule has 1 heterocycles. The molecule has 0 spiro atoms. The number of benzene rings is 1. The van der Waals surface area contributed by atoms with E-state index in [0.29, 0.717) is 12.1 Å². The third kappa shape index (κ3) is 5.08. The molecule has 26 heavy (non-hydrogen) atoms. The van der Waals surface area contributed by atoms with Crippen molar-refractivity contribution in [3.8, 4) is 0 Å². The maximum absolute atomic E-state index is 12.7. The van der Waals surface area contributed by atoms with Crippen molar-refractivity contribution in [2.75, 3.05) is 14.2 Å². The van der Waals surface area contributed by atoms with Gasteiger partial charge in [-0.3, -0.25) is 0 Å². The maximum Gasteiger partial charge on any atom is 0.337 e. The fourth-order valence-electron chi connectivity index (χ4n) is 2.61. The lowest BCUT2D eigenvalue weighted by Gasteiger charge is -2.32. The lowest BCUT2D eigenvalue weighted by molar-refractivity contribution is 0.0600. The summed E-state index contributed by atoms with van der Waals surface area (Å²) in [7, 11) is 3.12. The van der Waals surface area contributed by atoms with Crippen LogP contribution in [0.15, 0.2) is 41.8 Å². The number of urea groups is 1. The normalized spacial score (nSPS) is 12.3. The number of carbonyl (C=O) groups excluding carboxylic acids is 2. The van der Waals surface area contributed by atoms with Gasteiger partial charge in [0, 0.05) is 18.5 Å². The van der Waals surface area contributed by atoms with E-state index in [2.05, 4.69) is 26.1 Å². The quantitative estimate of drug-likeness (QED) is 0.786. The highest BCUT2D eigenvalue weighted by Gasteiger charge is 2.29. The first kappa shape index (κ1) is 20.0. The summed E-state index contributed by atoms with van der Waals surface area (Å²) in [5.41, 5.74) is 1.34. The number of rotatable bonds is 5. The maximum atomic E-state index is 12.7. The van der Waals surface area contributed by atoms with Gasteiger partial charge < -0.3 is 15.0 Å². The Labute approximate surface area is 159 Å². The van der Waals surface area contributed by atoms with Crippen LogP contribution in [-0.2, 0) is 11.3 Å². The zero-order chi connectivity index (χ0) is 19.3. The van der Waals surface area contributed by atoms with E-state index in [1.54, 1.807) is 35.4 Å². The summed E-state index contributed by atoms with van der Waals surface area (Å²) in [5.74, 6) is -0.369. The van der Waals surface area contributed by atoms with Crippen LogP contribution in [0.25, 0.3) is 0 Å². The Balaban J connectivity index is 2.03. The van der Waals surface area contributed by atoms with Crippen LogP contribution in [0.3, 0.4) is 0 Å². The van der Waals surface area contributed by atoms with Crippen LogP contribution in [0.5, 0.6) is 0 Å². The molecule has 1 atom stereocenters. The van der Waals surface area contributed by atoms with Crippen molar-refractivity contribution >= 4 is 23.3 Å². The van der Waals surface area contributed by atoms with Crippen molar-refractivity contribution in [3.63, 3.8) is 0 Å². The Hall–Kier alpha value is -2.34. The molecule has 1 N–H and O–H groups in total. The van der Waals surface area contributed by atoms with Crippen molar-refractivity contribution in [2.24, 2.45) is 5.41 Å². The number of carbonyl (C=O) groups is 2. The second-order valence-electron chi connectivity index (χ2n) is 7.31. The van der Waals surface area contributed by atoms with Crippen LogP contribution < -0.4 is 5.32 Å². The van der Waals surface area contributed by atoms with E-state index < -0.39 is 0 Å². The Morgan fingerprint density at radius 2 is 1.85 bits per heavy atom. The molecule has 2 amide bonds. The molecule has 0 fully saturated rings. The molecule has 1 aromatic heterocycles. The lowest BCUT2D eigenvalue weighted by Crippen LogP contribution is -2.42. The minimum atomic E-state index is -0.369. The van der Waals surface area contributed by atoms with E-state index in [1.807, 2.05) is 29.6 Å². The van der Waals surface area contributed by atoms with Crippen molar-refractivity contribution < 1.29 is 14.3 Å². The van der Waals surface area contributed by atoms with E-state index in [4.69, 9.17) is 4.74 Å². The average Bonchev–Trinajstić information content (AvgIpc) is 3.12. The average molecular weight is 375 g/mol. The molecule has 6 heteroatoms. The Morgan fingerprint density at radius 3 is 2.35 bits per heavy atom. The number of thiophene rings is 1. The van der Waals surface area contributed by atoms with Crippen LogP contribution in [0, 0.1) is 5.41 Å². The number of methoxy groups -OCH3 is 1. The van der Waals surface area contributed by atoms with Crippen LogP contribution >= 0.6 is 11.3 Å². The third-order valence-corrected chi connectivity index (χ3v) is 5.04. The summed E-state index contributed by atoms with van der Waals surface area (Å²) in [5, 5.41) is 5.16. The summed E-state index contributed by atoms with van der Waals surface area (Å²) >= 11 is 1.64. The smallest absolute Gasteiger partial charge is 0.337 e. The Morgan fingerprint density at radius 1 is 1.19 bits per heavy atom. The second kappa shape index (κ2) is 8.36. The lowest BCUT2D eigenvalue weighted by atomic mass is 9.86. The van der Waals surface area contributed by atoms with Gasteiger partial charge in [0.1, 0.15) is 0 Å². The molecule has 0 saturated carbocycles. The molecule has 1 unspecified atom stereocenters. The number of nitrogens with zero attached hydrogens (tertiary/aromatic N) is 1. The van der Waals surface area contributed by atoms with Crippen molar-refractivity contribution in [3.05, 3.63) is 57.8 Å². The molecule has 0 aliphatic heterocycles. The molecule has 2 aromatic rings. The highest BCUT2D eigenvalue weighted by atomic mass is 32.1. The summed E-state index contributed by atoms with van der Waals surface area (Å²) in [6.45, 7) is 6.80. The zero-order valence-electron chi connectivity index (χ0n) is 15.9. The molecular weight excluding hydrogens is 348 g/mol. The first-order chi connectivity index (χ1) is 12.2. The second-order valence-corrected chi connectivity index (χ2v) is 8.29. The fourth-order valence-corrected chi connectivity index (χ4v) is 3.63. The first-order valence-electron chi connectivity index (χ1n) is 8.44. The van der Waals surface area contributed by atoms with Gasteiger partial charge in [0.15, 0.2) is 0 Å². The minimum absolute atomic E-state index is 0.0563. The monoisotopic (exact) mass is 374 g/mol. The Bertz CT molecular complexity index is 733. The number of nitrogens with one attached hydrogen (secondary N) is 1. The third-order valence-electron chi connectivity index (χ3n) is 4.10. The van der Waals surface area contributed by atoms with E-state index >= 15 is 0 Å². The number of esters is 1. The SMILES string of the molecule is COC(=O)c1ccc(CN(C)C(=O)NC(c2cccs2)C(C)(C)C)cc1. The standard InChI is InChI=1S/C20H26N2O3S/c1-20(2,3)17(16-7-6-12-26-16)21-19(24)22(4)13-14-8-10-15(11-9-14)18(23)25-5/h6-12,17H,13H2,1-5H3,(H,21,24). The molecule has 5 nitrogen and oxygen atoms in total. The molecule has 0 aliphatic carbocycles. The molecule has 0 radical (unpaired) electrons. The van der Waals surface area contributed by atoms with Crippen molar-refractivity contribution in [1.82, 2.24) is 10.2 Å². The molecule has 0 bridgehead atoms. The summed E-state index contributed by atoms with van der Waals surface area (Å²) in [6.07, 6.45) is 0. The Kier molecular flexibility index (Phi) is 6.42. The highest BCUT2D eigenvalue weighted by molar-refractivity contribution is 7.10. The molecule has 0 aliphatic rings. The van der Waals surface area contributed by atoms with Gasteiger partial charge in [-0.25, -0.2) is 9.59 Å². The zero-order valence-corrected chi connectivity index (χ0v) is 16.7. The molecule has 0 saturated heterocycles. The van der Waals surface area contributed by atoms with Crippen LogP contribution in [0.4, 0.5) is 4.79 Å². The molecular formula is C20H26N2O3S. The van der Waals surface area contributed by atoms with E-state index in [1.165, 1.54) is 7.11 Å². The molecule has 1 aromatic carbocycles. The number of amides is 2. The summed E-state index contributed by atoms with van der Waals surface area (Å²) in [4.78, 5) is 26.9. The summed E-state index contributed by atoms with van der Waals surface area (Å²) in [6, 6.07) is 10.9. The first-order valence-corrected chi connectivity index (χ1v) is 9.32. The predicted octanol–water partition coefficient (Wildman–Crippen LogP) is 4.46. The predicted molar refractivity (Wildman–Crippen MR) is 104 cm³/mol. The van der Waals surface area contributed by atoms with Gasteiger partial charge in [0.25, 0.3) is 0 Å². The van der Waals surface area contributed by atoms with E-state index in [9.17, 15) is 9.59 Å². The topological polar surface area (TPSA) is 58.6 Å². The van der Waals surface area contributed by atoms with Crippen molar-refractivity contribution in [1.29, 1.82) is 0 Å². The van der Waals surface area contributed by atoms with E-state index in [-0.39, 0.29) is 23.5 Å². The van der Waals surface area contributed by atoms with Gasteiger partial charge in [-0.1, -0.05) is 39.0 Å². The minimum Gasteiger partial charge on any atom is -0.465 e. The van der Waals surface area contributed by atoms with Crippen LogP contribution in [-0.4, -0.2) is 31.1 Å². The largest absolute Gasteiger partial charge is 0.465 e. The van der Waals surface area contributed by atoms with Gasteiger partial charge >= 0.3 is 12.0 Å². The van der Waals surface area contributed by atoms with Gasteiger partial charge in [0.2, 0.25) is 0 Å². The number of hydrogen-bond donors (Lipinski definition) is 1. The van der Waals surface area contributed by atoms with Crippen LogP contribution in [0.1, 0.15) is 47.6 Å². The van der Waals surface area contributed by atoms with Crippen molar-refractivity contribution in [2.45, 2.75) is 33.4 Å². The number of hydrogen-bond acceptors (Lipinski definition) is 4. The summed E-state index contributed by atoms with van der Waals surface area (Å²) < 4.78 is 4.69. The van der Waals surface area contributed by atoms with Gasteiger partial charge in [-0.05, 0) is 34.6 Å². The molecule has 140 valence electrons.